The highest BCUT2D eigenvalue weighted by molar-refractivity contribution is 5.81. The van der Waals surface area contributed by atoms with Crippen LogP contribution in [-0.4, -0.2) is 37.0 Å². The molecule has 0 N–H and O–H groups in total. The second-order valence-electron chi connectivity index (χ2n) is 5.58. The van der Waals surface area contributed by atoms with Crippen molar-refractivity contribution in [1.82, 2.24) is 4.90 Å². The van der Waals surface area contributed by atoms with Crippen molar-refractivity contribution >= 4 is 11.6 Å². The molecule has 2 fully saturated rings. The molecule has 1 aliphatic heterocycles. The third-order valence-corrected chi connectivity index (χ3v) is 4.21. The van der Waals surface area contributed by atoms with E-state index in [0.29, 0.717) is 43.7 Å². The van der Waals surface area contributed by atoms with Crippen LogP contribution in [0.25, 0.3) is 0 Å². The average Bonchev–Trinajstić information content (AvgIpc) is 3.16. The van der Waals surface area contributed by atoms with Gasteiger partial charge in [-0.25, -0.2) is 4.39 Å². The van der Waals surface area contributed by atoms with Gasteiger partial charge in [0.05, 0.1) is 5.69 Å². The highest BCUT2D eigenvalue weighted by Gasteiger charge is 2.41. The summed E-state index contributed by atoms with van der Waals surface area (Å²) in [5, 5.41) is 0. The number of anilines is 1. The third-order valence-electron chi connectivity index (χ3n) is 4.21. The van der Waals surface area contributed by atoms with Crippen LogP contribution >= 0.6 is 0 Å². The molecule has 0 aromatic heterocycles. The van der Waals surface area contributed by atoms with Crippen LogP contribution in [0.15, 0.2) is 24.3 Å². The number of para-hydroxylation sites is 1. The predicted octanol–water partition coefficient (Wildman–Crippen LogP) is 2.13. The summed E-state index contributed by atoms with van der Waals surface area (Å²) in [5.74, 6) is 0.913. The summed E-state index contributed by atoms with van der Waals surface area (Å²) in [6.07, 6.45) is 1.03. The molecule has 0 radical (unpaired) electrons. The van der Waals surface area contributed by atoms with E-state index in [9.17, 15) is 9.18 Å². The molecule has 102 valence electrons. The Morgan fingerprint density at radius 2 is 1.84 bits per heavy atom. The van der Waals surface area contributed by atoms with Crippen LogP contribution in [0.1, 0.15) is 13.3 Å². The lowest BCUT2D eigenvalue weighted by atomic mass is 10.2. The van der Waals surface area contributed by atoms with Gasteiger partial charge in [0.25, 0.3) is 0 Å². The maximum absolute atomic E-state index is 13.7. The summed E-state index contributed by atoms with van der Waals surface area (Å²) in [7, 11) is 0. The van der Waals surface area contributed by atoms with Gasteiger partial charge in [-0.2, -0.15) is 0 Å². The van der Waals surface area contributed by atoms with Crippen LogP contribution in [0.4, 0.5) is 10.1 Å². The van der Waals surface area contributed by atoms with Gasteiger partial charge in [-0.15, -0.1) is 0 Å². The van der Waals surface area contributed by atoms with E-state index in [4.69, 9.17) is 0 Å². The van der Waals surface area contributed by atoms with Gasteiger partial charge in [0.2, 0.25) is 5.91 Å². The van der Waals surface area contributed by atoms with Gasteiger partial charge in [0, 0.05) is 32.1 Å². The molecule has 1 heterocycles. The number of carbonyl (C=O) groups excluding carboxylic acids is 1. The zero-order valence-electron chi connectivity index (χ0n) is 11.2. The minimum atomic E-state index is -0.182. The first-order valence-corrected chi connectivity index (χ1v) is 6.95. The monoisotopic (exact) mass is 262 g/mol. The number of amides is 1. The number of piperazine rings is 1. The Morgan fingerprint density at radius 1 is 1.21 bits per heavy atom. The van der Waals surface area contributed by atoms with Crippen LogP contribution in [0.2, 0.25) is 0 Å². The molecule has 19 heavy (non-hydrogen) atoms. The van der Waals surface area contributed by atoms with Crippen molar-refractivity contribution in [2.24, 2.45) is 11.8 Å². The van der Waals surface area contributed by atoms with E-state index in [1.165, 1.54) is 6.07 Å². The molecule has 1 saturated carbocycles. The molecule has 1 aromatic carbocycles. The van der Waals surface area contributed by atoms with E-state index in [2.05, 4.69) is 6.92 Å². The summed E-state index contributed by atoms with van der Waals surface area (Å²) < 4.78 is 13.7. The van der Waals surface area contributed by atoms with Gasteiger partial charge < -0.3 is 9.80 Å². The molecule has 2 aliphatic rings. The van der Waals surface area contributed by atoms with Gasteiger partial charge in [-0.3, -0.25) is 4.79 Å². The molecule has 1 saturated heterocycles. The fourth-order valence-electron chi connectivity index (χ4n) is 2.78. The van der Waals surface area contributed by atoms with E-state index in [1.807, 2.05) is 15.9 Å². The molecular weight excluding hydrogens is 243 g/mol. The molecule has 0 spiro atoms. The van der Waals surface area contributed by atoms with Gasteiger partial charge >= 0.3 is 0 Å². The fraction of sp³-hybridized carbons (Fsp3) is 0.533. The molecule has 4 heteroatoms. The Kier molecular flexibility index (Phi) is 3.17. The van der Waals surface area contributed by atoms with Crippen molar-refractivity contribution < 1.29 is 9.18 Å². The Morgan fingerprint density at radius 3 is 2.42 bits per heavy atom. The Labute approximate surface area is 113 Å². The number of halogens is 1. The number of hydrogen-bond acceptors (Lipinski definition) is 2. The smallest absolute Gasteiger partial charge is 0.226 e. The van der Waals surface area contributed by atoms with Gasteiger partial charge in [-0.05, 0) is 24.5 Å². The Hall–Kier alpha value is -1.58. The molecule has 0 unspecified atom stereocenters. The van der Waals surface area contributed by atoms with Crippen molar-refractivity contribution in [3.05, 3.63) is 30.1 Å². The van der Waals surface area contributed by atoms with Gasteiger partial charge in [-0.1, -0.05) is 19.1 Å². The minimum absolute atomic E-state index is 0.182. The zero-order chi connectivity index (χ0) is 13.4. The minimum Gasteiger partial charge on any atom is -0.366 e. The first-order chi connectivity index (χ1) is 9.16. The van der Waals surface area contributed by atoms with Crippen LogP contribution in [0.3, 0.4) is 0 Å². The van der Waals surface area contributed by atoms with Crippen molar-refractivity contribution in [3.8, 4) is 0 Å². The summed E-state index contributed by atoms with van der Waals surface area (Å²) in [5.41, 5.74) is 0.648. The van der Waals surface area contributed by atoms with E-state index in [-0.39, 0.29) is 11.7 Å². The second kappa shape index (κ2) is 4.83. The highest BCUT2D eigenvalue weighted by atomic mass is 19.1. The molecule has 1 amide bonds. The van der Waals surface area contributed by atoms with Crippen molar-refractivity contribution in [3.63, 3.8) is 0 Å². The lowest BCUT2D eigenvalue weighted by molar-refractivity contribution is -0.133. The molecule has 1 aromatic rings. The highest BCUT2D eigenvalue weighted by Crippen LogP contribution is 2.39. The molecule has 1 aliphatic carbocycles. The Balaban J connectivity index is 1.60. The standard InChI is InChI=1S/C15H19FN2O/c1-11-10-12(11)15(19)18-8-6-17(7-9-18)14-5-3-2-4-13(14)16/h2-5,11-12H,6-10H2,1H3/t11-,12-/m1/s1. The predicted molar refractivity (Wildman–Crippen MR) is 72.5 cm³/mol. The third kappa shape index (κ3) is 2.44. The number of hydrogen-bond donors (Lipinski definition) is 0. The van der Waals surface area contributed by atoms with E-state index in [0.717, 1.165) is 6.42 Å². The summed E-state index contributed by atoms with van der Waals surface area (Å²) in [6.45, 7) is 4.96. The summed E-state index contributed by atoms with van der Waals surface area (Å²) >= 11 is 0. The molecule has 2 atom stereocenters. The molecule has 3 nitrogen and oxygen atoms in total. The largest absolute Gasteiger partial charge is 0.366 e. The molecule has 0 bridgehead atoms. The topological polar surface area (TPSA) is 23.6 Å². The first kappa shape index (κ1) is 12.5. The van der Waals surface area contributed by atoms with Crippen LogP contribution in [-0.2, 0) is 4.79 Å². The zero-order valence-corrected chi connectivity index (χ0v) is 11.2. The van der Waals surface area contributed by atoms with Gasteiger partial charge in [0.15, 0.2) is 0 Å². The number of carbonyl (C=O) groups is 1. The fourth-order valence-corrected chi connectivity index (χ4v) is 2.78. The summed E-state index contributed by atoms with van der Waals surface area (Å²) in [6, 6.07) is 6.84. The van der Waals surface area contributed by atoms with E-state index >= 15 is 0 Å². The average molecular weight is 262 g/mol. The van der Waals surface area contributed by atoms with E-state index in [1.54, 1.807) is 12.1 Å². The van der Waals surface area contributed by atoms with Crippen LogP contribution in [0.5, 0.6) is 0 Å². The second-order valence-corrected chi connectivity index (χ2v) is 5.58. The normalized spacial score (nSPS) is 26.4. The molecule has 3 rings (SSSR count). The van der Waals surface area contributed by atoms with E-state index < -0.39 is 0 Å². The van der Waals surface area contributed by atoms with Crippen LogP contribution < -0.4 is 4.90 Å². The number of nitrogens with zero attached hydrogens (tertiary/aromatic N) is 2. The first-order valence-electron chi connectivity index (χ1n) is 6.95. The SMILES string of the molecule is C[C@@H]1C[C@H]1C(=O)N1CCN(c2ccccc2F)CC1. The summed E-state index contributed by atoms with van der Waals surface area (Å²) in [4.78, 5) is 16.1. The Bertz CT molecular complexity index is 483. The quantitative estimate of drug-likeness (QED) is 0.815. The maximum Gasteiger partial charge on any atom is 0.226 e. The lowest BCUT2D eigenvalue weighted by Crippen LogP contribution is -2.49. The van der Waals surface area contributed by atoms with Crippen LogP contribution in [0, 0.1) is 17.7 Å². The maximum atomic E-state index is 13.7. The van der Waals surface area contributed by atoms with Crippen molar-refractivity contribution in [2.75, 3.05) is 31.1 Å². The number of rotatable bonds is 2. The lowest BCUT2D eigenvalue weighted by Gasteiger charge is -2.36. The molecular formula is C15H19FN2O. The number of benzene rings is 1. The van der Waals surface area contributed by atoms with Crippen molar-refractivity contribution in [1.29, 1.82) is 0 Å². The van der Waals surface area contributed by atoms with Crippen molar-refractivity contribution in [2.45, 2.75) is 13.3 Å². The van der Waals surface area contributed by atoms with Gasteiger partial charge in [0.1, 0.15) is 5.82 Å².